The lowest BCUT2D eigenvalue weighted by atomic mass is 10.3. The van der Waals surface area contributed by atoms with Gasteiger partial charge < -0.3 is 15.0 Å². The van der Waals surface area contributed by atoms with Gasteiger partial charge in [0, 0.05) is 13.6 Å². The van der Waals surface area contributed by atoms with E-state index in [1.54, 1.807) is 11.9 Å². The molecule has 0 bridgehead atoms. The number of carbonyl (C=O) groups excluding carboxylic acids is 1. The fourth-order valence-electron chi connectivity index (χ4n) is 1.37. The number of amides is 1. The summed E-state index contributed by atoms with van der Waals surface area (Å²) in [5.41, 5.74) is 0.811. The van der Waals surface area contributed by atoms with Crippen LogP contribution in [0.3, 0.4) is 0 Å². The Bertz CT molecular complexity index is 409. The fourth-order valence-corrected chi connectivity index (χ4v) is 1.37. The lowest BCUT2D eigenvalue weighted by Gasteiger charge is -2.16. The second-order valence-electron chi connectivity index (χ2n) is 3.85. The number of aromatic nitrogens is 2. The van der Waals surface area contributed by atoms with E-state index in [1.165, 1.54) is 6.33 Å². The molecule has 6 nitrogen and oxygen atoms in total. The Balaban J connectivity index is 2.68. The number of hydrogen-bond acceptors (Lipinski definition) is 5. The van der Waals surface area contributed by atoms with Gasteiger partial charge in [0.15, 0.2) is 0 Å². The van der Waals surface area contributed by atoms with E-state index in [0.29, 0.717) is 24.8 Å². The van der Waals surface area contributed by atoms with Gasteiger partial charge in [-0.3, -0.25) is 4.79 Å². The minimum absolute atomic E-state index is 0.0217. The highest BCUT2D eigenvalue weighted by molar-refractivity contribution is 5.80. The van der Waals surface area contributed by atoms with Crippen molar-refractivity contribution in [1.29, 1.82) is 0 Å². The number of rotatable bonds is 6. The first-order chi connectivity index (χ1) is 8.60. The Morgan fingerprint density at radius 3 is 2.78 bits per heavy atom. The Labute approximate surface area is 107 Å². The van der Waals surface area contributed by atoms with Crippen LogP contribution in [0.25, 0.3) is 0 Å². The number of nitrogens with zero attached hydrogens (tertiary/aromatic N) is 3. The zero-order valence-electron chi connectivity index (χ0n) is 11.4. The summed E-state index contributed by atoms with van der Waals surface area (Å²) in [6.07, 6.45) is 1.42. The maximum Gasteiger partial charge on any atom is 0.241 e. The monoisotopic (exact) mass is 252 g/mol. The molecule has 0 unspecified atom stereocenters. The van der Waals surface area contributed by atoms with Gasteiger partial charge in [-0.05, 0) is 20.8 Å². The Kier molecular flexibility index (Phi) is 5.35. The van der Waals surface area contributed by atoms with Crippen molar-refractivity contribution in [1.82, 2.24) is 14.9 Å². The van der Waals surface area contributed by atoms with Crippen molar-refractivity contribution in [3.8, 4) is 5.88 Å². The Morgan fingerprint density at radius 1 is 1.44 bits per heavy atom. The topological polar surface area (TPSA) is 67.4 Å². The number of carbonyl (C=O) groups is 1. The SMILES string of the molecule is CCOc1ncnc(NCC(=O)N(C)CC)c1C. The highest BCUT2D eigenvalue weighted by atomic mass is 16.5. The van der Waals surface area contributed by atoms with Gasteiger partial charge in [-0.2, -0.15) is 0 Å². The van der Waals surface area contributed by atoms with Gasteiger partial charge >= 0.3 is 0 Å². The van der Waals surface area contributed by atoms with Crippen molar-refractivity contribution in [3.05, 3.63) is 11.9 Å². The first-order valence-corrected chi connectivity index (χ1v) is 6.02. The molecule has 1 aromatic rings. The van der Waals surface area contributed by atoms with Gasteiger partial charge in [0.2, 0.25) is 11.8 Å². The van der Waals surface area contributed by atoms with E-state index >= 15 is 0 Å². The van der Waals surface area contributed by atoms with Gasteiger partial charge in [0.25, 0.3) is 0 Å². The summed E-state index contributed by atoms with van der Waals surface area (Å²) in [4.78, 5) is 21.4. The summed E-state index contributed by atoms with van der Waals surface area (Å²) in [6, 6.07) is 0. The molecule has 0 aliphatic rings. The van der Waals surface area contributed by atoms with Crippen LogP contribution in [0.1, 0.15) is 19.4 Å². The number of hydrogen-bond donors (Lipinski definition) is 1. The molecule has 0 aliphatic carbocycles. The molecule has 0 saturated heterocycles. The molecule has 0 saturated carbocycles. The Morgan fingerprint density at radius 2 is 2.17 bits per heavy atom. The number of likely N-dealkylation sites (N-methyl/N-ethyl adjacent to an activating group) is 1. The molecule has 18 heavy (non-hydrogen) atoms. The molecule has 0 radical (unpaired) electrons. The quantitative estimate of drug-likeness (QED) is 0.820. The van der Waals surface area contributed by atoms with Crippen molar-refractivity contribution in [2.75, 3.05) is 32.1 Å². The predicted molar refractivity (Wildman–Crippen MR) is 69.7 cm³/mol. The molecule has 6 heteroatoms. The van der Waals surface area contributed by atoms with Crippen molar-refractivity contribution < 1.29 is 9.53 Å². The average Bonchev–Trinajstić information content (AvgIpc) is 2.38. The van der Waals surface area contributed by atoms with Crippen LogP contribution in [0.5, 0.6) is 5.88 Å². The van der Waals surface area contributed by atoms with Gasteiger partial charge in [0.05, 0.1) is 18.7 Å². The Hall–Kier alpha value is -1.85. The minimum Gasteiger partial charge on any atom is -0.478 e. The number of anilines is 1. The lowest BCUT2D eigenvalue weighted by molar-refractivity contribution is -0.127. The van der Waals surface area contributed by atoms with Gasteiger partial charge in [-0.15, -0.1) is 0 Å². The van der Waals surface area contributed by atoms with Crippen LogP contribution in [0.15, 0.2) is 6.33 Å². The van der Waals surface area contributed by atoms with Crippen molar-refractivity contribution in [3.63, 3.8) is 0 Å². The van der Waals surface area contributed by atoms with Crippen molar-refractivity contribution in [2.24, 2.45) is 0 Å². The highest BCUT2D eigenvalue weighted by Crippen LogP contribution is 2.19. The van der Waals surface area contributed by atoms with Crippen LogP contribution in [0, 0.1) is 6.92 Å². The predicted octanol–water partition coefficient (Wildman–Crippen LogP) is 1.07. The molecule has 1 N–H and O–H groups in total. The van der Waals surface area contributed by atoms with E-state index in [9.17, 15) is 4.79 Å². The minimum atomic E-state index is 0.0217. The maximum absolute atomic E-state index is 11.7. The third kappa shape index (κ3) is 3.58. The van der Waals surface area contributed by atoms with Gasteiger partial charge in [-0.1, -0.05) is 0 Å². The molecule has 1 heterocycles. The fraction of sp³-hybridized carbons (Fsp3) is 0.583. The molecule has 1 amide bonds. The van der Waals surface area contributed by atoms with E-state index < -0.39 is 0 Å². The molecule has 0 aromatic carbocycles. The average molecular weight is 252 g/mol. The van der Waals surface area contributed by atoms with E-state index in [0.717, 1.165) is 5.56 Å². The van der Waals surface area contributed by atoms with Gasteiger partial charge in [0.1, 0.15) is 12.1 Å². The smallest absolute Gasteiger partial charge is 0.241 e. The zero-order valence-corrected chi connectivity index (χ0v) is 11.4. The highest BCUT2D eigenvalue weighted by Gasteiger charge is 2.10. The van der Waals surface area contributed by atoms with Gasteiger partial charge in [-0.25, -0.2) is 9.97 Å². The summed E-state index contributed by atoms with van der Waals surface area (Å²) in [5, 5.41) is 3.00. The molecule has 0 spiro atoms. The van der Waals surface area contributed by atoms with E-state index in [1.807, 2.05) is 20.8 Å². The maximum atomic E-state index is 11.7. The summed E-state index contributed by atoms with van der Waals surface area (Å²) in [7, 11) is 1.77. The van der Waals surface area contributed by atoms with E-state index in [2.05, 4.69) is 15.3 Å². The van der Waals surface area contributed by atoms with Crippen LogP contribution in [0.4, 0.5) is 5.82 Å². The van der Waals surface area contributed by atoms with Crippen LogP contribution in [-0.4, -0.2) is 47.5 Å². The van der Waals surface area contributed by atoms with E-state index in [-0.39, 0.29) is 12.5 Å². The number of ether oxygens (including phenoxy) is 1. The molecular formula is C12H20N4O2. The van der Waals surface area contributed by atoms with Crippen LogP contribution in [0.2, 0.25) is 0 Å². The molecule has 0 aliphatic heterocycles. The molecule has 1 aromatic heterocycles. The van der Waals surface area contributed by atoms with Crippen LogP contribution < -0.4 is 10.1 Å². The standard InChI is InChI=1S/C12H20N4O2/c1-5-16(4)10(17)7-13-11-9(3)12(18-6-2)15-8-14-11/h8H,5-7H2,1-4H3,(H,13,14,15). The van der Waals surface area contributed by atoms with Crippen LogP contribution in [-0.2, 0) is 4.79 Å². The van der Waals surface area contributed by atoms with Crippen LogP contribution >= 0.6 is 0 Å². The second kappa shape index (κ2) is 6.78. The lowest BCUT2D eigenvalue weighted by Crippen LogP contribution is -2.32. The van der Waals surface area contributed by atoms with E-state index in [4.69, 9.17) is 4.74 Å². The third-order valence-corrected chi connectivity index (χ3v) is 2.63. The first kappa shape index (κ1) is 14.2. The first-order valence-electron chi connectivity index (χ1n) is 6.02. The molecule has 100 valence electrons. The molecule has 1 rings (SSSR count). The second-order valence-corrected chi connectivity index (χ2v) is 3.85. The molecule has 0 atom stereocenters. The molecular weight excluding hydrogens is 232 g/mol. The summed E-state index contributed by atoms with van der Waals surface area (Å²) in [6.45, 7) is 7.15. The summed E-state index contributed by atoms with van der Waals surface area (Å²) in [5.74, 6) is 1.20. The van der Waals surface area contributed by atoms with Crippen molar-refractivity contribution >= 4 is 11.7 Å². The van der Waals surface area contributed by atoms with Crippen molar-refractivity contribution in [2.45, 2.75) is 20.8 Å². The molecule has 0 fully saturated rings. The number of nitrogens with one attached hydrogen (secondary N) is 1. The zero-order chi connectivity index (χ0) is 13.5. The normalized spacial score (nSPS) is 10.0. The largest absolute Gasteiger partial charge is 0.478 e. The third-order valence-electron chi connectivity index (χ3n) is 2.63. The summed E-state index contributed by atoms with van der Waals surface area (Å²) < 4.78 is 5.37. The summed E-state index contributed by atoms with van der Waals surface area (Å²) >= 11 is 0.